The number of alkyl halides is 1. The predicted molar refractivity (Wildman–Crippen MR) is 72.2 cm³/mol. The first-order valence-corrected chi connectivity index (χ1v) is 6.08. The van der Waals surface area contributed by atoms with Gasteiger partial charge in [-0.25, -0.2) is 4.98 Å². The van der Waals surface area contributed by atoms with Gasteiger partial charge in [-0.05, 0) is 18.2 Å². The highest BCUT2D eigenvalue weighted by Gasteiger charge is 2.05. The Kier molecular flexibility index (Phi) is 3.84. The number of fused-ring (bicyclic) bond motifs is 1. The number of rotatable bonds is 4. The molecule has 5 nitrogen and oxygen atoms in total. The normalized spacial score (nSPS) is 12.6. The molecule has 2 N–H and O–H groups in total. The summed E-state index contributed by atoms with van der Waals surface area (Å²) >= 11 is 5.51. The largest absolute Gasteiger partial charge is 0.390 e. The third kappa shape index (κ3) is 2.63. The third-order valence-corrected chi connectivity index (χ3v) is 2.99. The van der Waals surface area contributed by atoms with E-state index in [1.165, 1.54) is 10.9 Å². The average molecular weight is 268 g/mol. The Morgan fingerprint density at radius 2 is 2.33 bits per heavy atom. The fourth-order valence-corrected chi connectivity index (χ4v) is 1.72. The molecule has 0 amide bonds. The summed E-state index contributed by atoms with van der Waals surface area (Å²) in [5.41, 5.74) is 1.32. The number of nitrogens with one attached hydrogen (secondary N) is 1. The van der Waals surface area contributed by atoms with Crippen molar-refractivity contribution in [3.8, 4) is 0 Å². The molecule has 96 valence electrons. The van der Waals surface area contributed by atoms with Gasteiger partial charge in [0.05, 0.1) is 29.2 Å². The SMILES string of the molecule is Cn1cnc2ccc(NCC(O)CCl)cc2c1=O. The smallest absolute Gasteiger partial charge is 0.260 e. The minimum Gasteiger partial charge on any atom is -0.390 e. The van der Waals surface area contributed by atoms with E-state index < -0.39 is 6.10 Å². The van der Waals surface area contributed by atoms with Crippen LogP contribution < -0.4 is 10.9 Å². The van der Waals surface area contributed by atoms with Crippen molar-refractivity contribution in [1.82, 2.24) is 9.55 Å². The van der Waals surface area contributed by atoms with E-state index in [0.717, 1.165) is 5.69 Å². The fraction of sp³-hybridized carbons (Fsp3) is 0.333. The lowest BCUT2D eigenvalue weighted by molar-refractivity contribution is 0.211. The monoisotopic (exact) mass is 267 g/mol. The third-order valence-electron chi connectivity index (χ3n) is 2.64. The molecule has 0 saturated carbocycles. The van der Waals surface area contributed by atoms with Crippen molar-refractivity contribution in [1.29, 1.82) is 0 Å². The molecular weight excluding hydrogens is 254 g/mol. The Balaban J connectivity index is 2.32. The molecule has 1 atom stereocenters. The highest BCUT2D eigenvalue weighted by atomic mass is 35.5. The van der Waals surface area contributed by atoms with E-state index in [2.05, 4.69) is 10.3 Å². The standard InChI is InChI=1S/C12H14ClN3O2/c1-16-7-15-11-3-2-8(4-10(11)12(16)18)14-6-9(17)5-13/h2-4,7,9,14,17H,5-6H2,1H3. The molecule has 0 saturated heterocycles. The van der Waals surface area contributed by atoms with E-state index in [9.17, 15) is 9.90 Å². The molecular formula is C12H14ClN3O2. The zero-order chi connectivity index (χ0) is 13.1. The number of aliphatic hydroxyl groups excluding tert-OH is 1. The van der Waals surface area contributed by atoms with Crippen molar-refractivity contribution in [2.45, 2.75) is 6.10 Å². The summed E-state index contributed by atoms with van der Waals surface area (Å²) in [6.45, 7) is 0.343. The van der Waals surface area contributed by atoms with Gasteiger partial charge in [0.25, 0.3) is 5.56 Å². The number of benzene rings is 1. The van der Waals surface area contributed by atoms with Crippen LogP contribution in [0.5, 0.6) is 0 Å². The van der Waals surface area contributed by atoms with Gasteiger partial charge in [0.15, 0.2) is 0 Å². The summed E-state index contributed by atoms with van der Waals surface area (Å²) in [5, 5.41) is 12.9. The first-order chi connectivity index (χ1) is 8.61. The summed E-state index contributed by atoms with van der Waals surface area (Å²) in [6, 6.07) is 5.31. The molecule has 1 heterocycles. The second-order valence-corrected chi connectivity index (χ2v) is 4.39. The topological polar surface area (TPSA) is 67.2 Å². The number of hydrogen-bond acceptors (Lipinski definition) is 4. The minimum absolute atomic E-state index is 0.0958. The highest BCUT2D eigenvalue weighted by molar-refractivity contribution is 6.18. The van der Waals surface area contributed by atoms with Gasteiger partial charge in [-0.2, -0.15) is 0 Å². The van der Waals surface area contributed by atoms with Crippen LogP contribution in [-0.4, -0.2) is 33.2 Å². The number of aromatic nitrogens is 2. The quantitative estimate of drug-likeness (QED) is 0.810. The molecule has 1 aromatic carbocycles. The molecule has 2 rings (SSSR count). The van der Waals surface area contributed by atoms with Gasteiger partial charge < -0.3 is 15.0 Å². The summed E-state index contributed by atoms with van der Waals surface area (Å²) < 4.78 is 1.43. The van der Waals surface area contributed by atoms with E-state index in [-0.39, 0.29) is 11.4 Å². The van der Waals surface area contributed by atoms with Gasteiger partial charge in [0.1, 0.15) is 0 Å². The van der Waals surface area contributed by atoms with Gasteiger partial charge in [0.2, 0.25) is 0 Å². The summed E-state index contributed by atoms with van der Waals surface area (Å²) in [7, 11) is 1.66. The maximum absolute atomic E-state index is 11.9. The second kappa shape index (κ2) is 5.37. The van der Waals surface area contributed by atoms with Crippen LogP contribution in [0.3, 0.4) is 0 Å². The molecule has 0 aliphatic carbocycles. The molecule has 0 bridgehead atoms. The van der Waals surface area contributed by atoms with Gasteiger partial charge in [-0.15, -0.1) is 11.6 Å². The Hall–Kier alpha value is -1.59. The van der Waals surface area contributed by atoms with Crippen LogP contribution >= 0.6 is 11.6 Å². The number of aliphatic hydroxyl groups is 1. The van der Waals surface area contributed by atoms with Crippen molar-refractivity contribution in [3.63, 3.8) is 0 Å². The number of halogens is 1. The van der Waals surface area contributed by atoms with Crippen molar-refractivity contribution in [2.75, 3.05) is 17.7 Å². The Morgan fingerprint density at radius 3 is 3.06 bits per heavy atom. The molecule has 0 fully saturated rings. The van der Waals surface area contributed by atoms with Gasteiger partial charge in [-0.1, -0.05) is 0 Å². The van der Waals surface area contributed by atoms with E-state index in [0.29, 0.717) is 17.4 Å². The Morgan fingerprint density at radius 1 is 1.56 bits per heavy atom. The van der Waals surface area contributed by atoms with Gasteiger partial charge in [0, 0.05) is 19.3 Å². The minimum atomic E-state index is -0.612. The van der Waals surface area contributed by atoms with Crippen LogP contribution in [-0.2, 0) is 7.05 Å². The first-order valence-electron chi connectivity index (χ1n) is 5.55. The summed E-state index contributed by atoms with van der Waals surface area (Å²) in [4.78, 5) is 16.1. The summed E-state index contributed by atoms with van der Waals surface area (Å²) in [5.74, 6) is 0.171. The van der Waals surface area contributed by atoms with Crippen molar-refractivity contribution >= 4 is 28.2 Å². The van der Waals surface area contributed by atoms with Crippen LogP contribution in [0.4, 0.5) is 5.69 Å². The zero-order valence-electron chi connectivity index (χ0n) is 9.93. The van der Waals surface area contributed by atoms with E-state index in [1.54, 1.807) is 19.2 Å². The van der Waals surface area contributed by atoms with Crippen LogP contribution in [0.25, 0.3) is 10.9 Å². The zero-order valence-corrected chi connectivity index (χ0v) is 10.7. The molecule has 6 heteroatoms. The number of aryl methyl sites for hydroxylation is 1. The number of nitrogens with zero attached hydrogens (tertiary/aromatic N) is 2. The molecule has 0 aliphatic rings. The molecule has 0 aliphatic heterocycles. The lowest BCUT2D eigenvalue weighted by Crippen LogP contribution is -2.21. The second-order valence-electron chi connectivity index (χ2n) is 4.08. The first kappa shape index (κ1) is 12.9. The molecule has 0 radical (unpaired) electrons. The Bertz CT molecular complexity index is 612. The van der Waals surface area contributed by atoms with Gasteiger partial charge in [-0.3, -0.25) is 4.79 Å². The maximum Gasteiger partial charge on any atom is 0.260 e. The van der Waals surface area contributed by atoms with E-state index in [1.807, 2.05) is 6.07 Å². The van der Waals surface area contributed by atoms with Gasteiger partial charge >= 0.3 is 0 Å². The van der Waals surface area contributed by atoms with Crippen LogP contribution in [0.2, 0.25) is 0 Å². The molecule has 0 spiro atoms. The number of hydrogen-bond donors (Lipinski definition) is 2. The van der Waals surface area contributed by atoms with Crippen molar-refractivity contribution in [3.05, 3.63) is 34.9 Å². The summed E-state index contributed by atoms with van der Waals surface area (Å²) in [6.07, 6.45) is 0.883. The highest BCUT2D eigenvalue weighted by Crippen LogP contribution is 2.14. The predicted octanol–water partition coefficient (Wildman–Crippen LogP) is 0.945. The van der Waals surface area contributed by atoms with E-state index in [4.69, 9.17) is 11.6 Å². The van der Waals surface area contributed by atoms with Crippen LogP contribution in [0.1, 0.15) is 0 Å². The molecule has 1 unspecified atom stereocenters. The molecule has 2 aromatic rings. The fourth-order valence-electron chi connectivity index (χ4n) is 1.61. The lowest BCUT2D eigenvalue weighted by atomic mass is 10.2. The number of anilines is 1. The lowest BCUT2D eigenvalue weighted by Gasteiger charge is -2.10. The Labute approximate surface area is 109 Å². The van der Waals surface area contributed by atoms with E-state index >= 15 is 0 Å². The molecule has 18 heavy (non-hydrogen) atoms. The molecule has 1 aromatic heterocycles. The maximum atomic E-state index is 11.9. The van der Waals surface area contributed by atoms with Crippen LogP contribution in [0, 0.1) is 0 Å². The van der Waals surface area contributed by atoms with Crippen LogP contribution in [0.15, 0.2) is 29.3 Å². The average Bonchev–Trinajstić information content (AvgIpc) is 2.40. The van der Waals surface area contributed by atoms with Crippen molar-refractivity contribution < 1.29 is 5.11 Å². The van der Waals surface area contributed by atoms with Crippen molar-refractivity contribution in [2.24, 2.45) is 7.05 Å².